The number of carbonyl (C=O) groups is 1. The second-order valence-corrected chi connectivity index (χ2v) is 2.56. The van der Waals surface area contributed by atoms with E-state index in [2.05, 4.69) is 9.98 Å². The van der Waals surface area contributed by atoms with Gasteiger partial charge in [-0.2, -0.15) is 9.98 Å². The van der Waals surface area contributed by atoms with Gasteiger partial charge in [-0.1, -0.05) is 6.07 Å². The summed E-state index contributed by atoms with van der Waals surface area (Å²) < 4.78 is 5.29. The Balaban J connectivity index is 2.65. The van der Waals surface area contributed by atoms with Crippen molar-refractivity contribution in [2.45, 2.75) is 6.92 Å². The lowest BCUT2D eigenvalue weighted by molar-refractivity contribution is 0.256. The number of amides is 2. The van der Waals surface area contributed by atoms with Crippen molar-refractivity contribution in [1.82, 2.24) is 0 Å². The van der Waals surface area contributed by atoms with Crippen LogP contribution in [0.15, 0.2) is 28.2 Å². The minimum Gasteiger partial charge on any atom is -0.492 e. The number of hydrogen-bond acceptors (Lipinski definition) is 2. The first-order chi connectivity index (χ1) is 6.31. The van der Waals surface area contributed by atoms with Crippen LogP contribution in [0.3, 0.4) is 0 Å². The molecule has 0 bridgehead atoms. The second kappa shape index (κ2) is 2.97. The summed E-state index contributed by atoms with van der Waals surface area (Å²) in [5.41, 5.74) is 0. The van der Waals surface area contributed by atoms with E-state index in [1.54, 1.807) is 18.2 Å². The van der Waals surface area contributed by atoms with Gasteiger partial charge in [0.2, 0.25) is 0 Å². The number of ether oxygens (including phenoxy) is 1. The number of carbonyl (C=O) groups excluding carboxylic acids is 1. The fraction of sp³-hybridized carbons (Fsp3) is 0.222. The molecular weight excluding hydrogens is 168 g/mol. The highest BCUT2D eigenvalue weighted by Gasteiger charge is 2.08. The fourth-order valence-electron chi connectivity index (χ4n) is 1.21. The largest absolute Gasteiger partial charge is 0.492 e. The monoisotopic (exact) mass is 176 g/mol. The predicted octanol–water partition coefficient (Wildman–Crippen LogP) is 0.458. The number of urea groups is 1. The SMILES string of the molecule is CCOc1cccc2c1=NC(=O)N=2. The van der Waals surface area contributed by atoms with Gasteiger partial charge in [0.05, 0.1) is 12.0 Å². The first kappa shape index (κ1) is 7.91. The maximum absolute atomic E-state index is 10.9. The quantitative estimate of drug-likeness (QED) is 0.657. The van der Waals surface area contributed by atoms with Gasteiger partial charge in [0.15, 0.2) is 0 Å². The zero-order valence-electron chi connectivity index (χ0n) is 7.15. The Bertz CT molecular complexity index is 465. The lowest BCUT2D eigenvalue weighted by Gasteiger charge is -1.99. The molecule has 0 aromatic heterocycles. The van der Waals surface area contributed by atoms with E-state index in [1.807, 2.05) is 6.92 Å². The summed E-state index contributed by atoms with van der Waals surface area (Å²) in [6.45, 7) is 2.44. The molecule has 0 fully saturated rings. The average Bonchev–Trinajstić information content (AvgIpc) is 2.47. The Kier molecular flexibility index (Phi) is 1.81. The van der Waals surface area contributed by atoms with E-state index < -0.39 is 6.03 Å². The van der Waals surface area contributed by atoms with Crippen LogP contribution in [0.1, 0.15) is 6.92 Å². The zero-order valence-corrected chi connectivity index (χ0v) is 7.15. The first-order valence-electron chi connectivity index (χ1n) is 4.04. The summed E-state index contributed by atoms with van der Waals surface area (Å²) in [4.78, 5) is 18.3. The molecule has 0 saturated heterocycles. The minimum atomic E-state index is -0.456. The van der Waals surface area contributed by atoms with Gasteiger partial charge in [-0.15, -0.1) is 0 Å². The molecule has 0 N–H and O–H groups in total. The molecule has 4 heteroatoms. The summed E-state index contributed by atoms with van der Waals surface area (Å²) in [7, 11) is 0. The normalized spacial score (nSPS) is 13.2. The predicted molar refractivity (Wildman–Crippen MR) is 45.3 cm³/mol. The van der Waals surface area contributed by atoms with E-state index in [9.17, 15) is 4.79 Å². The lowest BCUT2D eigenvalue weighted by Crippen LogP contribution is -2.23. The van der Waals surface area contributed by atoms with Gasteiger partial charge in [-0.3, -0.25) is 0 Å². The van der Waals surface area contributed by atoms with Gasteiger partial charge in [0.1, 0.15) is 11.1 Å². The molecular formula is C9H8N2O2. The van der Waals surface area contributed by atoms with Gasteiger partial charge in [-0.05, 0) is 19.1 Å². The molecule has 1 heterocycles. The first-order valence-corrected chi connectivity index (χ1v) is 4.04. The minimum absolute atomic E-state index is 0.456. The Labute approximate surface area is 74.6 Å². The molecule has 4 nitrogen and oxygen atoms in total. The molecule has 0 radical (unpaired) electrons. The van der Waals surface area contributed by atoms with Gasteiger partial charge >= 0.3 is 6.03 Å². The van der Waals surface area contributed by atoms with Crippen molar-refractivity contribution in [3.8, 4) is 5.75 Å². The number of fused-ring (bicyclic) bond motifs is 1. The van der Waals surface area contributed by atoms with Gasteiger partial charge in [-0.25, -0.2) is 4.79 Å². The summed E-state index contributed by atoms with van der Waals surface area (Å²) in [5, 5.41) is 1.14. The average molecular weight is 176 g/mol. The number of hydrogen-bond donors (Lipinski definition) is 0. The van der Waals surface area contributed by atoms with E-state index in [1.165, 1.54) is 0 Å². The smallest absolute Gasteiger partial charge is 0.368 e. The van der Waals surface area contributed by atoms with Crippen LogP contribution in [-0.2, 0) is 0 Å². The van der Waals surface area contributed by atoms with Crippen LogP contribution in [0.4, 0.5) is 4.79 Å². The topological polar surface area (TPSA) is 51.0 Å². The van der Waals surface area contributed by atoms with E-state index in [0.717, 1.165) is 0 Å². The Hall–Kier alpha value is -1.71. The van der Waals surface area contributed by atoms with Crippen molar-refractivity contribution in [2.75, 3.05) is 6.61 Å². The molecule has 1 aliphatic heterocycles. The molecule has 2 amide bonds. The highest BCUT2D eigenvalue weighted by atomic mass is 16.5. The Morgan fingerprint density at radius 1 is 1.38 bits per heavy atom. The number of nitrogens with zero attached hydrogens (tertiary/aromatic N) is 2. The molecule has 13 heavy (non-hydrogen) atoms. The highest BCUT2D eigenvalue weighted by Crippen LogP contribution is 2.01. The van der Waals surface area contributed by atoms with Gasteiger partial charge in [0, 0.05) is 0 Å². The molecule has 0 unspecified atom stereocenters. The van der Waals surface area contributed by atoms with Crippen molar-refractivity contribution in [3.05, 3.63) is 28.9 Å². The third kappa shape index (κ3) is 1.30. The van der Waals surface area contributed by atoms with Crippen LogP contribution < -0.4 is 15.5 Å². The Morgan fingerprint density at radius 3 is 3.00 bits per heavy atom. The third-order valence-electron chi connectivity index (χ3n) is 1.70. The molecule has 2 rings (SSSR count). The van der Waals surface area contributed by atoms with Crippen LogP contribution in [-0.4, -0.2) is 12.6 Å². The summed E-state index contributed by atoms with van der Waals surface area (Å²) in [5.74, 6) is 0.620. The van der Waals surface area contributed by atoms with Crippen molar-refractivity contribution < 1.29 is 9.53 Å². The number of rotatable bonds is 2. The summed E-state index contributed by atoms with van der Waals surface area (Å²) in [6, 6.07) is 4.86. The van der Waals surface area contributed by atoms with E-state index in [0.29, 0.717) is 23.1 Å². The van der Waals surface area contributed by atoms with Crippen molar-refractivity contribution in [3.63, 3.8) is 0 Å². The number of para-hydroxylation sites is 1. The van der Waals surface area contributed by atoms with Crippen LogP contribution >= 0.6 is 0 Å². The van der Waals surface area contributed by atoms with E-state index in [-0.39, 0.29) is 0 Å². The van der Waals surface area contributed by atoms with E-state index >= 15 is 0 Å². The molecule has 1 aromatic carbocycles. The maximum Gasteiger partial charge on any atom is 0.368 e. The lowest BCUT2D eigenvalue weighted by atomic mass is 10.3. The zero-order chi connectivity index (χ0) is 9.26. The van der Waals surface area contributed by atoms with Crippen molar-refractivity contribution >= 4 is 6.03 Å². The third-order valence-corrected chi connectivity index (χ3v) is 1.70. The molecule has 0 aliphatic carbocycles. The van der Waals surface area contributed by atoms with Gasteiger partial charge in [0.25, 0.3) is 0 Å². The second-order valence-electron chi connectivity index (χ2n) is 2.56. The maximum atomic E-state index is 10.9. The molecule has 66 valence electrons. The fourth-order valence-corrected chi connectivity index (χ4v) is 1.21. The Morgan fingerprint density at radius 2 is 2.23 bits per heavy atom. The summed E-state index contributed by atoms with van der Waals surface area (Å²) in [6.07, 6.45) is 0. The standard InChI is InChI=1S/C9H8N2O2/c1-2-13-7-5-3-4-6-8(7)11-9(12)10-6/h3-5H,2H2,1H3. The van der Waals surface area contributed by atoms with Crippen LogP contribution in [0.25, 0.3) is 0 Å². The summed E-state index contributed by atoms with van der Waals surface area (Å²) >= 11 is 0. The van der Waals surface area contributed by atoms with Gasteiger partial charge < -0.3 is 4.74 Å². The van der Waals surface area contributed by atoms with Crippen molar-refractivity contribution in [2.24, 2.45) is 9.98 Å². The number of benzene rings is 1. The molecule has 0 spiro atoms. The van der Waals surface area contributed by atoms with Crippen LogP contribution in [0, 0.1) is 0 Å². The van der Waals surface area contributed by atoms with Crippen LogP contribution in [0.2, 0.25) is 0 Å². The van der Waals surface area contributed by atoms with Crippen molar-refractivity contribution in [1.29, 1.82) is 0 Å². The highest BCUT2D eigenvalue weighted by molar-refractivity contribution is 5.77. The van der Waals surface area contributed by atoms with Crippen LogP contribution in [0.5, 0.6) is 5.75 Å². The molecule has 1 aromatic rings. The van der Waals surface area contributed by atoms with E-state index in [4.69, 9.17) is 4.74 Å². The molecule has 1 aliphatic rings. The molecule has 0 saturated carbocycles. The molecule has 0 atom stereocenters.